The quantitative estimate of drug-likeness (QED) is 0.285. The normalized spacial score (nSPS) is 17.3. The van der Waals surface area contributed by atoms with Crippen LogP contribution in [-0.2, 0) is 20.8 Å². The smallest absolute Gasteiger partial charge is 0.317 e. The Morgan fingerprint density at radius 3 is 1.71 bits per heavy atom. The fourth-order valence-electron chi connectivity index (χ4n) is 4.10. The average Bonchev–Trinajstić information content (AvgIpc) is 2.84. The zero-order valence-corrected chi connectivity index (χ0v) is 19.0. The zero-order chi connectivity index (χ0) is 25.1. The number of carbonyl (C=O) groups is 3. The Labute approximate surface area is 197 Å². The summed E-state index contributed by atoms with van der Waals surface area (Å²) in [6, 6.07) is 6.20. The first-order chi connectivity index (χ1) is 16.1. The second kappa shape index (κ2) is 13.6. The van der Waals surface area contributed by atoms with Gasteiger partial charge >= 0.3 is 17.9 Å². The molecule has 1 aliphatic heterocycles. The van der Waals surface area contributed by atoms with Crippen LogP contribution in [0.4, 0.5) is 5.69 Å². The van der Waals surface area contributed by atoms with Crippen molar-refractivity contribution in [2.75, 3.05) is 58.9 Å². The van der Waals surface area contributed by atoms with Crippen molar-refractivity contribution in [2.45, 2.75) is 19.3 Å². The number of nitro groups is 1. The van der Waals surface area contributed by atoms with Crippen molar-refractivity contribution in [1.82, 2.24) is 14.7 Å². The molecule has 0 radical (unpaired) electrons. The van der Waals surface area contributed by atoms with E-state index >= 15 is 0 Å². The van der Waals surface area contributed by atoms with Crippen LogP contribution in [-0.4, -0.2) is 112 Å². The van der Waals surface area contributed by atoms with Crippen LogP contribution >= 0.6 is 0 Å². The maximum Gasteiger partial charge on any atom is 0.317 e. The van der Waals surface area contributed by atoms with Gasteiger partial charge in [-0.2, -0.15) is 0 Å². The van der Waals surface area contributed by atoms with Gasteiger partial charge in [0.15, 0.2) is 0 Å². The summed E-state index contributed by atoms with van der Waals surface area (Å²) in [5.74, 6) is -2.85. The number of nitrogens with zero attached hydrogens (tertiary/aromatic N) is 4. The first-order valence-electron chi connectivity index (χ1n) is 11.2. The van der Waals surface area contributed by atoms with E-state index in [9.17, 15) is 39.8 Å². The van der Waals surface area contributed by atoms with Gasteiger partial charge in [0.05, 0.1) is 18.0 Å². The molecule has 1 atom stereocenters. The summed E-state index contributed by atoms with van der Waals surface area (Å²) in [4.78, 5) is 49.7. The fraction of sp³-hybridized carbons (Fsp3) is 0.591. The average molecular weight is 481 g/mol. The number of hydrogen-bond donors (Lipinski definition) is 3. The second-order valence-electron chi connectivity index (χ2n) is 8.57. The molecule has 0 amide bonds. The number of nitro benzene ring substituents is 1. The maximum atomic E-state index is 11.2. The van der Waals surface area contributed by atoms with Gasteiger partial charge in [-0.05, 0) is 24.3 Å². The highest BCUT2D eigenvalue weighted by Gasteiger charge is 2.22. The number of non-ortho nitro benzene ring substituents is 1. The van der Waals surface area contributed by atoms with E-state index in [0.29, 0.717) is 58.7 Å². The molecule has 0 spiro atoms. The minimum Gasteiger partial charge on any atom is -0.481 e. The predicted octanol–water partition coefficient (Wildman–Crippen LogP) is 0.707. The molecular weight excluding hydrogens is 448 g/mol. The zero-order valence-electron chi connectivity index (χ0n) is 19.0. The number of benzene rings is 1. The molecule has 1 unspecified atom stereocenters. The van der Waals surface area contributed by atoms with Crippen molar-refractivity contribution in [3.63, 3.8) is 0 Å². The SMILES string of the molecule is O=C(O)CCC(Cc1ccc([N+](=O)[O-])cc1)CN1CCN(CC(=O)O)CCN(CC(=O)O)CC1. The number of carboxylic acid groups (broad SMARTS) is 3. The summed E-state index contributed by atoms with van der Waals surface area (Å²) in [5.41, 5.74) is 0.855. The molecule has 188 valence electrons. The molecule has 1 saturated heterocycles. The van der Waals surface area contributed by atoms with E-state index < -0.39 is 22.8 Å². The molecule has 34 heavy (non-hydrogen) atoms. The Kier molecular flexibility index (Phi) is 10.8. The molecule has 0 aromatic heterocycles. The van der Waals surface area contributed by atoms with Crippen molar-refractivity contribution in [2.24, 2.45) is 5.92 Å². The largest absolute Gasteiger partial charge is 0.481 e. The van der Waals surface area contributed by atoms with Crippen molar-refractivity contribution in [3.8, 4) is 0 Å². The summed E-state index contributed by atoms with van der Waals surface area (Å²) in [6.07, 6.45) is 0.946. The lowest BCUT2D eigenvalue weighted by molar-refractivity contribution is -0.384. The highest BCUT2D eigenvalue weighted by atomic mass is 16.6. The van der Waals surface area contributed by atoms with Crippen LogP contribution in [0, 0.1) is 16.0 Å². The van der Waals surface area contributed by atoms with Crippen molar-refractivity contribution < 1.29 is 34.6 Å². The number of aliphatic carboxylic acids is 3. The molecule has 0 bridgehead atoms. The molecule has 0 saturated carbocycles. The molecule has 0 aliphatic carbocycles. The van der Waals surface area contributed by atoms with Crippen molar-refractivity contribution in [3.05, 3.63) is 39.9 Å². The van der Waals surface area contributed by atoms with Gasteiger partial charge in [-0.15, -0.1) is 0 Å². The van der Waals surface area contributed by atoms with Crippen LogP contribution in [0.1, 0.15) is 18.4 Å². The van der Waals surface area contributed by atoms with Gasteiger partial charge in [0.1, 0.15) is 0 Å². The predicted molar refractivity (Wildman–Crippen MR) is 122 cm³/mol. The van der Waals surface area contributed by atoms with E-state index in [1.807, 2.05) is 0 Å². The van der Waals surface area contributed by atoms with Gasteiger partial charge in [0, 0.05) is 64.4 Å². The molecule has 3 N–H and O–H groups in total. The van der Waals surface area contributed by atoms with Gasteiger partial charge < -0.3 is 20.2 Å². The lowest BCUT2D eigenvalue weighted by Crippen LogP contribution is -2.40. The standard InChI is InChI=1S/C22H32N4O8/c27-20(28)6-3-18(13-17-1-4-19(5-2-17)26(33)34)14-23-7-9-24(15-21(29)30)11-12-25(10-8-23)16-22(31)32/h1-2,4-5,18H,3,6-16H2,(H,27,28)(H,29,30)(H,31,32). The lowest BCUT2D eigenvalue weighted by Gasteiger charge is -2.29. The molecule has 1 aliphatic rings. The molecule has 2 rings (SSSR count). The Morgan fingerprint density at radius 1 is 0.824 bits per heavy atom. The molecule has 12 nitrogen and oxygen atoms in total. The van der Waals surface area contributed by atoms with Crippen LogP contribution < -0.4 is 0 Å². The van der Waals surface area contributed by atoms with Crippen LogP contribution in [0.3, 0.4) is 0 Å². The third-order valence-electron chi connectivity index (χ3n) is 5.87. The Balaban J connectivity index is 2.12. The number of hydrogen-bond acceptors (Lipinski definition) is 8. The Bertz CT molecular complexity index is 820. The summed E-state index contributed by atoms with van der Waals surface area (Å²) in [7, 11) is 0. The fourth-order valence-corrected chi connectivity index (χ4v) is 4.10. The lowest BCUT2D eigenvalue weighted by atomic mass is 9.94. The molecule has 1 aromatic rings. The topological polar surface area (TPSA) is 165 Å². The first-order valence-corrected chi connectivity index (χ1v) is 11.2. The minimum atomic E-state index is -0.951. The van der Waals surface area contributed by atoms with Crippen LogP contribution in [0.15, 0.2) is 24.3 Å². The minimum absolute atomic E-state index is 0.0112. The van der Waals surface area contributed by atoms with E-state index in [-0.39, 0.29) is 31.1 Å². The first kappa shape index (κ1) is 27.2. The summed E-state index contributed by atoms with van der Waals surface area (Å²) in [6.45, 7) is 3.28. The van der Waals surface area contributed by atoms with E-state index in [0.717, 1.165) is 5.56 Å². The third-order valence-corrected chi connectivity index (χ3v) is 5.87. The van der Waals surface area contributed by atoms with Gasteiger partial charge in [-0.1, -0.05) is 12.1 Å². The summed E-state index contributed by atoms with van der Waals surface area (Å²) < 4.78 is 0. The summed E-state index contributed by atoms with van der Waals surface area (Å²) >= 11 is 0. The molecule has 1 fully saturated rings. The molecule has 12 heteroatoms. The molecule has 1 heterocycles. The highest BCUT2D eigenvalue weighted by Crippen LogP contribution is 2.19. The van der Waals surface area contributed by atoms with Gasteiger partial charge in [0.2, 0.25) is 0 Å². The number of rotatable bonds is 12. The second-order valence-corrected chi connectivity index (χ2v) is 8.57. The van der Waals surface area contributed by atoms with Gasteiger partial charge in [-0.3, -0.25) is 34.3 Å². The molecular formula is C22H32N4O8. The van der Waals surface area contributed by atoms with E-state index in [1.165, 1.54) is 12.1 Å². The van der Waals surface area contributed by atoms with Crippen LogP contribution in [0.5, 0.6) is 0 Å². The van der Waals surface area contributed by atoms with Crippen LogP contribution in [0.2, 0.25) is 0 Å². The number of carboxylic acids is 3. The Morgan fingerprint density at radius 2 is 1.29 bits per heavy atom. The highest BCUT2D eigenvalue weighted by molar-refractivity contribution is 5.69. The monoisotopic (exact) mass is 480 g/mol. The summed E-state index contributed by atoms with van der Waals surface area (Å²) in [5, 5.41) is 38.5. The Hall–Kier alpha value is -3.09. The van der Waals surface area contributed by atoms with Crippen molar-refractivity contribution >= 4 is 23.6 Å². The van der Waals surface area contributed by atoms with Crippen molar-refractivity contribution in [1.29, 1.82) is 0 Å². The van der Waals surface area contributed by atoms with E-state index in [4.69, 9.17) is 0 Å². The van der Waals surface area contributed by atoms with Gasteiger partial charge in [0.25, 0.3) is 5.69 Å². The van der Waals surface area contributed by atoms with Gasteiger partial charge in [-0.25, -0.2) is 0 Å². The van der Waals surface area contributed by atoms with Crippen LogP contribution in [0.25, 0.3) is 0 Å². The maximum absolute atomic E-state index is 11.2. The van der Waals surface area contributed by atoms with E-state index in [2.05, 4.69) is 4.90 Å². The molecule has 1 aromatic carbocycles. The third kappa shape index (κ3) is 10.2. The van der Waals surface area contributed by atoms with E-state index in [1.54, 1.807) is 21.9 Å².